The van der Waals surface area contributed by atoms with E-state index in [1.54, 1.807) is 0 Å². The van der Waals surface area contributed by atoms with Crippen LogP contribution in [0.2, 0.25) is 0 Å². The third-order valence-electron chi connectivity index (χ3n) is 7.07. The maximum absolute atomic E-state index is 13.0. The number of carbonyl (C=O) groups is 2. The number of ether oxygens (including phenoxy) is 1. The van der Waals surface area contributed by atoms with E-state index in [-0.39, 0.29) is 11.3 Å². The molecule has 8 nitrogen and oxygen atoms in total. The molecule has 11 heteroatoms. The van der Waals surface area contributed by atoms with E-state index in [0.29, 0.717) is 22.9 Å². The molecule has 2 saturated heterocycles. The van der Waals surface area contributed by atoms with E-state index < -0.39 is 12.1 Å². The smallest absolute Gasteiger partial charge is 0.490 e. The van der Waals surface area contributed by atoms with Crippen LogP contribution < -0.4 is 4.74 Å². The molecule has 210 valence electrons. The summed E-state index contributed by atoms with van der Waals surface area (Å²) in [7, 11) is 0. The number of amides is 1. The molecule has 1 N–H and O–H groups in total. The predicted molar refractivity (Wildman–Crippen MR) is 134 cm³/mol. The molecule has 2 aliphatic rings. The lowest BCUT2D eigenvalue weighted by atomic mass is 9.77. The Hall–Kier alpha value is -3.08. The first-order valence-corrected chi connectivity index (χ1v) is 12.8. The van der Waals surface area contributed by atoms with Crippen molar-refractivity contribution >= 4 is 11.9 Å². The van der Waals surface area contributed by atoms with Crippen LogP contribution in [0, 0.1) is 25.2 Å². The molecular weight excluding hydrogens is 503 g/mol. The van der Waals surface area contributed by atoms with Gasteiger partial charge in [-0.25, -0.2) is 4.79 Å². The number of hydrogen-bond donors (Lipinski definition) is 1. The molecule has 0 aliphatic carbocycles. The van der Waals surface area contributed by atoms with E-state index in [1.165, 1.54) is 5.56 Å². The number of carboxylic acids is 1. The van der Waals surface area contributed by atoms with Gasteiger partial charge in [-0.1, -0.05) is 37.2 Å². The zero-order valence-electron chi connectivity index (χ0n) is 22.3. The Morgan fingerprint density at radius 1 is 1.13 bits per heavy atom. The Balaban J connectivity index is 0.000000505. The Labute approximate surface area is 220 Å². The van der Waals surface area contributed by atoms with Gasteiger partial charge in [0, 0.05) is 25.2 Å². The fourth-order valence-corrected chi connectivity index (χ4v) is 4.92. The minimum Gasteiger partial charge on any atom is -0.493 e. The number of aromatic nitrogens is 1. The molecular formula is C27H36F3N3O5. The molecule has 0 bridgehead atoms. The predicted octanol–water partition coefficient (Wildman–Crippen LogP) is 5.09. The molecule has 3 heterocycles. The van der Waals surface area contributed by atoms with Crippen molar-refractivity contribution in [1.82, 2.24) is 15.0 Å². The van der Waals surface area contributed by atoms with Gasteiger partial charge < -0.3 is 19.3 Å². The summed E-state index contributed by atoms with van der Waals surface area (Å²) in [5.74, 6) is -0.536. The van der Waals surface area contributed by atoms with Crippen LogP contribution in [0.3, 0.4) is 0 Å². The minimum atomic E-state index is -5.08. The van der Waals surface area contributed by atoms with Crippen LogP contribution in [-0.4, -0.2) is 70.9 Å². The van der Waals surface area contributed by atoms with Gasteiger partial charge in [-0.05, 0) is 63.6 Å². The van der Waals surface area contributed by atoms with Crippen LogP contribution in [-0.2, 0) is 11.3 Å². The van der Waals surface area contributed by atoms with E-state index in [2.05, 4.69) is 42.1 Å². The second-order valence-electron chi connectivity index (χ2n) is 10.6. The normalized spacial score (nSPS) is 17.4. The maximum Gasteiger partial charge on any atom is 0.490 e. The van der Waals surface area contributed by atoms with Crippen LogP contribution in [0.25, 0.3) is 0 Å². The highest BCUT2D eigenvalue weighted by Crippen LogP contribution is 2.41. The lowest BCUT2D eigenvalue weighted by Crippen LogP contribution is -2.42. The standard InChI is InChI=1S/C25H35N3O3.C2HF3O2/c1-18(2)16-30-22-8-6-5-7-21(22)15-27-12-9-25(10-13-27)11-14-28(17-25)24(29)23-19(3)26-31-20(23)4;3-2(4,5)1(6)7/h5-8,18H,9-17H2,1-4H3;(H,6,7). The van der Waals surface area contributed by atoms with Gasteiger partial charge in [0.1, 0.15) is 17.1 Å². The number of aryl methyl sites for hydroxylation is 2. The number of benzene rings is 1. The number of rotatable bonds is 6. The number of carboxylic acid groups (broad SMARTS) is 1. The second-order valence-corrected chi connectivity index (χ2v) is 10.6. The van der Waals surface area contributed by atoms with Gasteiger partial charge in [-0.3, -0.25) is 9.69 Å². The molecule has 2 aliphatic heterocycles. The fourth-order valence-electron chi connectivity index (χ4n) is 4.92. The fraction of sp³-hybridized carbons (Fsp3) is 0.593. The van der Waals surface area contributed by atoms with E-state index in [1.807, 2.05) is 24.8 Å². The lowest BCUT2D eigenvalue weighted by Gasteiger charge is -2.39. The summed E-state index contributed by atoms with van der Waals surface area (Å²) in [6.45, 7) is 13.5. The summed E-state index contributed by atoms with van der Waals surface area (Å²) in [5, 5.41) is 11.1. The lowest BCUT2D eigenvalue weighted by molar-refractivity contribution is -0.192. The first-order chi connectivity index (χ1) is 17.8. The first kappa shape index (κ1) is 29.5. The Morgan fingerprint density at radius 2 is 1.74 bits per heavy atom. The summed E-state index contributed by atoms with van der Waals surface area (Å²) in [6.07, 6.45) is -1.73. The number of aliphatic carboxylic acids is 1. The SMILES string of the molecule is Cc1noc(C)c1C(=O)N1CCC2(CCN(Cc3ccccc3OCC(C)C)CC2)C1.O=C(O)C(F)(F)F. The summed E-state index contributed by atoms with van der Waals surface area (Å²) in [5.41, 5.74) is 2.85. The molecule has 1 aromatic carbocycles. The Morgan fingerprint density at radius 3 is 2.29 bits per heavy atom. The molecule has 0 atom stereocenters. The van der Waals surface area contributed by atoms with Crippen LogP contribution in [0.15, 0.2) is 28.8 Å². The van der Waals surface area contributed by atoms with Crippen molar-refractivity contribution in [3.05, 3.63) is 46.8 Å². The van der Waals surface area contributed by atoms with Gasteiger partial charge in [0.25, 0.3) is 5.91 Å². The molecule has 0 saturated carbocycles. The zero-order chi connectivity index (χ0) is 28.1. The highest BCUT2D eigenvalue weighted by atomic mass is 19.4. The third kappa shape index (κ3) is 7.49. The molecule has 2 fully saturated rings. The highest BCUT2D eigenvalue weighted by molar-refractivity contribution is 5.96. The monoisotopic (exact) mass is 539 g/mol. The number of nitrogens with zero attached hydrogens (tertiary/aromatic N) is 3. The average Bonchev–Trinajstić information content (AvgIpc) is 3.42. The van der Waals surface area contributed by atoms with Gasteiger partial charge >= 0.3 is 12.1 Å². The van der Waals surface area contributed by atoms with Crippen LogP contribution in [0.1, 0.15) is 60.5 Å². The minimum absolute atomic E-state index is 0.0757. The number of halogens is 3. The maximum atomic E-state index is 13.0. The molecule has 1 amide bonds. The molecule has 0 unspecified atom stereocenters. The first-order valence-electron chi connectivity index (χ1n) is 12.8. The summed E-state index contributed by atoms with van der Waals surface area (Å²) in [4.78, 5) is 26.5. The van der Waals surface area contributed by atoms with Crippen LogP contribution in [0.5, 0.6) is 5.75 Å². The zero-order valence-corrected chi connectivity index (χ0v) is 22.3. The average molecular weight is 540 g/mol. The molecule has 1 spiro atoms. The summed E-state index contributed by atoms with van der Waals surface area (Å²) in [6, 6.07) is 8.41. The number of para-hydroxylation sites is 1. The van der Waals surface area contributed by atoms with Crippen LogP contribution >= 0.6 is 0 Å². The van der Waals surface area contributed by atoms with E-state index in [4.69, 9.17) is 19.2 Å². The van der Waals surface area contributed by atoms with E-state index in [9.17, 15) is 18.0 Å². The number of carbonyl (C=O) groups excluding carboxylic acids is 1. The van der Waals surface area contributed by atoms with Gasteiger partial charge in [0.15, 0.2) is 0 Å². The van der Waals surface area contributed by atoms with Crippen molar-refractivity contribution in [3.63, 3.8) is 0 Å². The van der Waals surface area contributed by atoms with Gasteiger partial charge in [0.2, 0.25) is 0 Å². The van der Waals surface area contributed by atoms with E-state index >= 15 is 0 Å². The van der Waals surface area contributed by atoms with Crippen molar-refractivity contribution in [3.8, 4) is 5.75 Å². The van der Waals surface area contributed by atoms with Crippen molar-refractivity contribution in [2.24, 2.45) is 11.3 Å². The largest absolute Gasteiger partial charge is 0.493 e. The second kappa shape index (κ2) is 12.2. The van der Waals surface area contributed by atoms with E-state index in [0.717, 1.165) is 64.3 Å². The van der Waals surface area contributed by atoms with Crippen molar-refractivity contribution in [2.45, 2.75) is 59.7 Å². The van der Waals surface area contributed by atoms with Crippen molar-refractivity contribution in [2.75, 3.05) is 32.8 Å². The van der Waals surface area contributed by atoms with Crippen LogP contribution in [0.4, 0.5) is 13.2 Å². The molecule has 2 aromatic rings. The third-order valence-corrected chi connectivity index (χ3v) is 7.07. The van der Waals surface area contributed by atoms with Gasteiger partial charge in [-0.2, -0.15) is 13.2 Å². The molecule has 0 radical (unpaired) electrons. The summed E-state index contributed by atoms with van der Waals surface area (Å²) >= 11 is 0. The number of piperidine rings is 1. The van der Waals surface area contributed by atoms with Crippen molar-refractivity contribution in [1.29, 1.82) is 0 Å². The quantitative estimate of drug-likeness (QED) is 0.546. The Kier molecular flexibility index (Phi) is 9.45. The molecule has 38 heavy (non-hydrogen) atoms. The topological polar surface area (TPSA) is 96.1 Å². The highest BCUT2D eigenvalue weighted by Gasteiger charge is 2.43. The Bertz CT molecular complexity index is 1090. The summed E-state index contributed by atoms with van der Waals surface area (Å²) < 4.78 is 43.0. The molecule has 1 aromatic heterocycles. The number of likely N-dealkylation sites (tertiary alicyclic amines) is 2. The van der Waals surface area contributed by atoms with Gasteiger partial charge in [0.05, 0.1) is 12.3 Å². The number of hydrogen-bond acceptors (Lipinski definition) is 6. The molecule has 4 rings (SSSR count). The number of alkyl halides is 3. The van der Waals surface area contributed by atoms with Gasteiger partial charge in [-0.15, -0.1) is 0 Å². The van der Waals surface area contributed by atoms with Crippen molar-refractivity contribution < 1.29 is 37.1 Å².